The van der Waals surface area contributed by atoms with Gasteiger partial charge in [-0.25, -0.2) is 0 Å². The van der Waals surface area contributed by atoms with Crippen LogP contribution in [0.2, 0.25) is 10.0 Å². The third kappa shape index (κ3) is 2.69. The first-order valence-electron chi connectivity index (χ1n) is 5.32. The van der Waals surface area contributed by atoms with Crippen molar-refractivity contribution in [1.29, 1.82) is 0 Å². The van der Waals surface area contributed by atoms with Crippen molar-refractivity contribution in [1.82, 2.24) is 0 Å². The lowest BCUT2D eigenvalue weighted by atomic mass is 10.1. The zero-order chi connectivity index (χ0) is 11.7. The molecule has 0 radical (unpaired) electrons. The zero-order valence-corrected chi connectivity index (χ0v) is 10.8. The summed E-state index contributed by atoms with van der Waals surface area (Å²) in [6.45, 7) is 4.08. The average molecular weight is 261 g/mol. The van der Waals surface area contributed by atoms with Gasteiger partial charge in [-0.1, -0.05) is 29.3 Å². The fraction of sp³-hybridized carbons (Fsp3) is 0.500. The van der Waals surface area contributed by atoms with Gasteiger partial charge in [0.1, 0.15) is 0 Å². The van der Waals surface area contributed by atoms with Gasteiger partial charge in [0.25, 0.3) is 0 Å². The molecule has 0 amide bonds. The maximum absolute atomic E-state index is 6.11. The molecule has 16 heavy (non-hydrogen) atoms. The molecule has 1 aromatic carbocycles. The molecule has 0 aliphatic carbocycles. The standard InChI is InChI=1S/C12H14Cl2O2/c1-7-5-8(2)16-12(15-7)10-4-3-9(13)6-11(10)14/h3-4,6-8,12H,5H2,1-2H3/t7-,8-/m0/s1. The molecule has 2 nitrogen and oxygen atoms in total. The van der Waals surface area contributed by atoms with Crippen LogP contribution >= 0.6 is 23.2 Å². The van der Waals surface area contributed by atoms with Crippen molar-refractivity contribution < 1.29 is 9.47 Å². The molecule has 4 heteroatoms. The molecule has 1 saturated heterocycles. The Labute approximate surface area is 105 Å². The quantitative estimate of drug-likeness (QED) is 0.754. The van der Waals surface area contributed by atoms with Crippen molar-refractivity contribution in [2.75, 3.05) is 0 Å². The second-order valence-electron chi connectivity index (χ2n) is 4.13. The third-order valence-corrected chi connectivity index (χ3v) is 3.15. The lowest BCUT2D eigenvalue weighted by molar-refractivity contribution is -0.239. The predicted molar refractivity (Wildman–Crippen MR) is 64.9 cm³/mol. The van der Waals surface area contributed by atoms with Crippen molar-refractivity contribution in [2.24, 2.45) is 0 Å². The summed E-state index contributed by atoms with van der Waals surface area (Å²) in [6, 6.07) is 5.34. The van der Waals surface area contributed by atoms with Crippen LogP contribution in [0.15, 0.2) is 18.2 Å². The Hall–Kier alpha value is -0.280. The second-order valence-corrected chi connectivity index (χ2v) is 4.97. The number of hydrogen-bond donors (Lipinski definition) is 0. The van der Waals surface area contributed by atoms with Gasteiger partial charge in [-0.05, 0) is 32.4 Å². The summed E-state index contributed by atoms with van der Waals surface area (Å²) < 4.78 is 11.4. The van der Waals surface area contributed by atoms with Crippen LogP contribution in [0.5, 0.6) is 0 Å². The average Bonchev–Trinajstić information content (AvgIpc) is 2.15. The maximum atomic E-state index is 6.11. The summed E-state index contributed by atoms with van der Waals surface area (Å²) in [6.07, 6.45) is 0.881. The molecule has 1 heterocycles. The molecule has 0 bridgehead atoms. The van der Waals surface area contributed by atoms with Crippen LogP contribution in [0.4, 0.5) is 0 Å². The summed E-state index contributed by atoms with van der Waals surface area (Å²) in [5.41, 5.74) is 0.837. The number of halogens is 2. The van der Waals surface area contributed by atoms with E-state index in [1.165, 1.54) is 0 Å². The number of ether oxygens (including phenoxy) is 2. The molecular formula is C12H14Cl2O2. The highest BCUT2D eigenvalue weighted by Gasteiger charge is 2.27. The van der Waals surface area contributed by atoms with Crippen LogP contribution < -0.4 is 0 Å². The molecule has 1 aliphatic rings. The minimum absolute atomic E-state index is 0.181. The minimum Gasteiger partial charge on any atom is -0.345 e. The van der Waals surface area contributed by atoms with Crippen LogP contribution in [0.3, 0.4) is 0 Å². The number of hydrogen-bond acceptors (Lipinski definition) is 2. The highest BCUT2D eigenvalue weighted by molar-refractivity contribution is 6.35. The van der Waals surface area contributed by atoms with Crippen LogP contribution in [0, 0.1) is 0 Å². The molecule has 0 unspecified atom stereocenters. The highest BCUT2D eigenvalue weighted by atomic mass is 35.5. The first kappa shape index (κ1) is 12.2. The van der Waals surface area contributed by atoms with Crippen LogP contribution in [0.25, 0.3) is 0 Å². The van der Waals surface area contributed by atoms with E-state index in [0.29, 0.717) is 10.0 Å². The van der Waals surface area contributed by atoms with E-state index < -0.39 is 0 Å². The van der Waals surface area contributed by atoms with E-state index in [0.717, 1.165) is 12.0 Å². The van der Waals surface area contributed by atoms with E-state index in [1.807, 2.05) is 19.9 Å². The first-order chi connectivity index (χ1) is 7.56. The fourth-order valence-electron chi connectivity index (χ4n) is 1.87. The predicted octanol–water partition coefficient (Wildman–Crippen LogP) is 4.21. The van der Waals surface area contributed by atoms with E-state index in [4.69, 9.17) is 32.7 Å². The summed E-state index contributed by atoms with van der Waals surface area (Å²) in [7, 11) is 0. The summed E-state index contributed by atoms with van der Waals surface area (Å²) in [5, 5.41) is 1.20. The first-order valence-corrected chi connectivity index (χ1v) is 6.07. The Morgan fingerprint density at radius 1 is 1.12 bits per heavy atom. The third-order valence-electron chi connectivity index (χ3n) is 2.59. The van der Waals surface area contributed by atoms with Gasteiger partial charge >= 0.3 is 0 Å². The molecule has 1 fully saturated rings. The highest BCUT2D eigenvalue weighted by Crippen LogP contribution is 2.34. The van der Waals surface area contributed by atoms with Gasteiger partial charge in [-0.15, -0.1) is 0 Å². The van der Waals surface area contributed by atoms with E-state index >= 15 is 0 Å². The monoisotopic (exact) mass is 260 g/mol. The Morgan fingerprint density at radius 2 is 1.75 bits per heavy atom. The minimum atomic E-state index is -0.386. The lowest BCUT2D eigenvalue weighted by Crippen LogP contribution is -2.30. The molecule has 1 aromatic rings. The van der Waals surface area contributed by atoms with E-state index in [-0.39, 0.29) is 18.5 Å². The van der Waals surface area contributed by atoms with Crippen LogP contribution in [-0.4, -0.2) is 12.2 Å². The SMILES string of the molecule is C[C@H]1C[C@H](C)OC(c2ccc(Cl)cc2Cl)O1. The van der Waals surface area contributed by atoms with Gasteiger partial charge in [-0.3, -0.25) is 0 Å². The zero-order valence-electron chi connectivity index (χ0n) is 9.24. The molecule has 0 saturated carbocycles. The van der Waals surface area contributed by atoms with Crippen molar-refractivity contribution in [2.45, 2.75) is 38.8 Å². The normalized spacial score (nSPS) is 30.4. The molecule has 1 aliphatic heterocycles. The van der Waals surface area contributed by atoms with Crippen LogP contribution in [0.1, 0.15) is 32.1 Å². The lowest BCUT2D eigenvalue weighted by Gasteiger charge is -2.33. The molecular weight excluding hydrogens is 247 g/mol. The number of benzene rings is 1. The topological polar surface area (TPSA) is 18.5 Å². The molecule has 0 spiro atoms. The Bertz CT molecular complexity index is 371. The Morgan fingerprint density at radius 3 is 2.31 bits per heavy atom. The summed E-state index contributed by atoms with van der Waals surface area (Å²) in [5.74, 6) is 0. The largest absolute Gasteiger partial charge is 0.345 e. The van der Waals surface area contributed by atoms with Gasteiger partial charge in [-0.2, -0.15) is 0 Å². The smallest absolute Gasteiger partial charge is 0.185 e. The van der Waals surface area contributed by atoms with E-state index in [9.17, 15) is 0 Å². The van der Waals surface area contributed by atoms with Gasteiger partial charge in [0.15, 0.2) is 6.29 Å². The van der Waals surface area contributed by atoms with Crippen molar-refractivity contribution in [3.8, 4) is 0 Å². The van der Waals surface area contributed by atoms with Gasteiger partial charge in [0.05, 0.1) is 17.2 Å². The maximum Gasteiger partial charge on any atom is 0.185 e. The second kappa shape index (κ2) is 4.92. The van der Waals surface area contributed by atoms with Gasteiger partial charge < -0.3 is 9.47 Å². The van der Waals surface area contributed by atoms with Crippen molar-refractivity contribution in [3.63, 3.8) is 0 Å². The van der Waals surface area contributed by atoms with Gasteiger partial charge in [0.2, 0.25) is 0 Å². The molecule has 0 N–H and O–H groups in total. The van der Waals surface area contributed by atoms with Crippen LogP contribution in [-0.2, 0) is 9.47 Å². The molecule has 2 rings (SSSR count). The van der Waals surface area contributed by atoms with Crippen molar-refractivity contribution in [3.05, 3.63) is 33.8 Å². The van der Waals surface area contributed by atoms with Crippen molar-refractivity contribution >= 4 is 23.2 Å². The molecule has 0 aromatic heterocycles. The summed E-state index contributed by atoms with van der Waals surface area (Å²) >= 11 is 12.0. The van der Waals surface area contributed by atoms with E-state index in [1.54, 1.807) is 12.1 Å². The van der Waals surface area contributed by atoms with Gasteiger partial charge in [0, 0.05) is 10.6 Å². The van der Waals surface area contributed by atoms with E-state index in [2.05, 4.69) is 0 Å². The number of rotatable bonds is 1. The Balaban J connectivity index is 2.23. The molecule has 88 valence electrons. The fourth-order valence-corrected chi connectivity index (χ4v) is 2.37. The Kier molecular flexibility index (Phi) is 3.75. The molecule has 2 atom stereocenters. The summed E-state index contributed by atoms with van der Waals surface area (Å²) in [4.78, 5) is 0.